The summed E-state index contributed by atoms with van der Waals surface area (Å²) in [5.74, 6) is 0.000000000000000444. The van der Waals surface area contributed by atoms with E-state index in [1.54, 1.807) is 12.1 Å². The van der Waals surface area contributed by atoms with Crippen LogP contribution >= 0.6 is 0 Å². The van der Waals surface area contributed by atoms with Gasteiger partial charge in [0, 0.05) is 6.26 Å². The van der Waals surface area contributed by atoms with Crippen LogP contribution in [0.2, 0.25) is 0 Å². The van der Waals surface area contributed by atoms with Crippen LogP contribution in [0.5, 0.6) is 5.75 Å². The molecule has 4 nitrogen and oxygen atoms in total. The van der Waals surface area contributed by atoms with Crippen molar-refractivity contribution in [2.45, 2.75) is 4.90 Å². The second-order valence-corrected chi connectivity index (χ2v) is 4.39. The molecule has 0 saturated carbocycles. The molecule has 0 saturated heterocycles. The van der Waals surface area contributed by atoms with Crippen LogP contribution < -0.4 is 4.74 Å². The zero-order chi connectivity index (χ0) is 9.90. The minimum atomic E-state index is -3.36. The number of sulfone groups is 1. The topological polar surface area (TPSA) is 60.4 Å². The van der Waals surface area contributed by atoms with Crippen molar-refractivity contribution < 1.29 is 17.9 Å². The van der Waals surface area contributed by atoms with E-state index in [9.17, 15) is 13.2 Å². The Morgan fingerprint density at radius 2 is 1.92 bits per heavy atom. The van der Waals surface area contributed by atoms with Crippen LogP contribution in [0.25, 0.3) is 0 Å². The summed E-state index contributed by atoms with van der Waals surface area (Å²) in [6.45, 7) is 1.18. The highest BCUT2D eigenvalue weighted by Crippen LogP contribution is 2.22. The van der Waals surface area contributed by atoms with Crippen molar-refractivity contribution >= 4 is 16.3 Å². The van der Waals surface area contributed by atoms with Crippen LogP contribution in [0, 0.1) is 0 Å². The first kappa shape index (κ1) is 9.73. The van der Waals surface area contributed by atoms with Gasteiger partial charge in [-0.3, -0.25) is 0 Å². The molecule has 1 aromatic carbocycles. The summed E-state index contributed by atoms with van der Waals surface area (Å²) >= 11 is 0. The van der Waals surface area contributed by atoms with E-state index in [0.717, 1.165) is 6.26 Å². The summed E-state index contributed by atoms with van der Waals surface area (Å²) in [6.07, 6.45) is 1.04. The van der Waals surface area contributed by atoms with Gasteiger partial charge < -0.3 is 4.74 Å². The maximum Gasteiger partial charge on any atom is 0.423 e. The van der Waals surface area contributed by atoms with Crippen molar-refractivity contribution in [3.8, 4) is 5.75 Å². The number of para-hydroxylation sites is 1. The highest BCUT2D eigenvalue weighted by Gasteiger charge is 2.13. The molecule has 5 heteroatoms. The van der Waals surface area contributed by atoms with Gasteiger partial charge in [0.2, 0.25) is 0 Å². The molecule has 0 bridgehead atoms. The number of benzene rings is 1. The van der Waals surface area contributed by atoms with E-state index in [1.165, 1.54) is 18.6 Å². The lowest BCUT2D eigenvalue weighted by atomic mass is 10.3. The molecule has 1 rings (SSSR count). The first-order chi connectivity index (χ1) is 6.05. The Balaban J connectivity index is 3.28. The monoisotopic (exact) mass is 199 g/mol. The maximum absolute atomic E-state index is 11.1. The first-order valence-electron chi connectivity index (χ1n) is 3.39. The molecule has 0 unspecified atom stereocenters. The van der Waals surface area contributed by atoms with Crippen molar-refractivity contribution in [3.63, 3.8) is 0 Å². The standard InChI is InChI=1S/C8H7O4S/c1-13(10,11)8-5-3-2-4-7(8)12-6-9/h2-5H,1H3. The van der Waals surface area contributed by atoms with Gasteiger partial charge in [-0.2, -0.15) is 0 Å². The predicted molar refractivity (Wildman–Crippen MR) is 45.9 cm³/mol. The second-order valence-electron chi connectivity index (χ2n) is 2.40. The quantitative estimate of drug-likeness (QED) is 0.712. The van der Waals surface area contributed by atoms with E-state index in [-0.39, 0.29) is 10.6 Å². The van der Waals surface area contributed by atoms with E-state index in [4.69, 9.17) is 0 Å². The molecule has 0 aliphatic rings. The Bertz CT molecular complexity index is 408. The Hall–Kier alpha value is -1.36. The number of carbonyl (C=O) groups excluding carboxylic acids is 1. The van der Waals surface area contributed by atoms with Crippen LogP contribution in [0.15, 0.2) is 29.2 Å². The SMILES string of the molecule is CS(=O)(=O)c1ccccc1O[C]=O. The first-order valence-corrected chi connectivity index (χ1v) is 5.28. The summed E-state index contributed by atoms with van der Waals surface area (Å²) in [4.78, 5) is 9.90. The summed E-state index contributed by atoms with van der Waals surface area (Å²) in [5.41, 5.74) is 0. The van der Waals surface area contributed by atoms with E-state index in [0.29, 0.717) is 0 Å². The van der Waals surface area contributed by atoms with Gasteiger partial charge >= 0.3 is 6.47 Å². The van der Waals surface area contributed by atoms with E-state index in [2.05, 4.69) is 4.74 Å². The van der Waals surface area contributed by atoms with Crippen LogP contribution in [-0.4, -0.2) is 21.1 Å². The van der Waals surface area contributed by atoms with Crippen LogP contribution in [-0.2, 0) is 14.6 Å². The zero-order valence-electron chi connectivity index (χ0n) is 6.85. The summed E-state index contributed by atoms with van der Waals surface area (Å²) in [5, 5.41) is 0. The molecule has 69 valence electrons. The third-order valence-corrected chi connectivity index (χ3v) is 2.54. The smallest absolute Gasteiger partial charge is 0.417 e. The molecule has 0 aliphatic carbocycles. The Morgan fingerprint density at radius 1 is 1.31 bits per heavy atom. The fraction of sp³-hybridized carbons (Fsp3) is 0.125. The van der Waals surface area contributed by atoms with Crippen molar-refractivity contribution in [2.75, 3.05) is 6.26 Å². The molecule has 1 radical (unpaired) electrons. The van der Waals surface area contributed by atoms with E-state index >= 15 is 0 Å². The maximum atomic E-state index is 11.1. The molecule has 13 heavy (non-hydrogen) atoms. The molecule has 0 atom stereocenters. The van der Waals surface area contributed by atoms with Crippen LogP contribution in [0.1, 0.15) is 0 Å². The molecule has 0 spiro atoms. The summed E-state index contributed by atoms with van der Waals surface area (Å²) in [7, 11) is -3.36. The normalized spacial score (nSPS) is 10.8. The largest absolute Gasteiger partial charge is 0.423 e. The van der Waals surface area contributed by atoms with Gasteiger partial charge in [0.25, 0.3) is 0 Å². The van der Waals surface area contributed by atoms with E-state index in [1.807, 2.05) is 0 Å². The number of hydrogen-bond donors (Lipinski definition) is 0. The average molecular weight is 199 g/mol. The second kappa shape index (κ2) is 3.57. The lowest BCUT2D eigenvalue weighted by Crippen LogP contribution is -2.01. The number of rotatable bonds is 3. The molecule has 0 amide bonds. The molecule has 0 heterocycles. The Labute approximate surface area is 76.1 Å². The van der Waals surface area contributed by atoms with Crippen molar-refractivity contribution in [1.82, 2.24) is 0 Å². The van der Waals surface area contributed by atoms with Gasteiger partial charge in [-0.25, -0.2) is 13.2 Å². The fourth-order valence-electron chi connectivity index (χ4n) is 0.886. The van der Waals surface area contributed by atoms with Gasteiger partial charge in [0.05, 0.1) is 0 Å². The third-order valence-electron chi connectivity index (χ3n) is 1.40. The summed E-state index contributed by atoms with van der Waals surface area (Å²) < 4.78 is 26.6. The van der Waals surface area contributed by atoms with Crippen molar-refractivity contribution in [3.05, 3.63) is 24.3 Å². The number of ether oxygens (including phenoxy) is 1. The Kier molecular flexibility index (Phi) is 2.67. The summed E-state index contributed by atoms with van der Waals surface area (Å²) in [6, 6.07) is 5.87. The molecule has 0 aromatic heterocycles. The molecular weight excluding hydrogens is 192 g/mol. The van der Waals surface area contributed by atoms with Gasteiger partial charge in [-0.05, 0) is 12.1 Å². The third kappa shape index (κ3) is 2.29. The molecular formula is C8H7O4S. The molecule has 0 aliphatic heterocycles. The highest BCUT2D eigenvalue weighted by atomic mass is 32.2. The van der Waals surface area contributed by atoms with Gasteiger partial charge in [-0.1, -0.05) is 12.1 Å². The number of hydrogen-bond acceptors (Lipinski definition) is 4. The van der Waals surface area contributed by atoms with Crippen molar-refractivity contribution in [2.24, 2.45) is 0 Å². The average Bonchev–Trinajstić information content (AvgIpc) is 2.04. The minimum absolute atomic E-state index is 0.000000000000000444. The zero-order valence-corrected chi connectivity index (χ0v) is 7.67. The predicted octanol–water partition coefficient (Wildman–Crippen LogP) is 0.536. The molecule has 0 fully saturated rings. The molecule has 1 aromatic rings. The van der Waals surface area contributed by atoms with Gasteiger partial charge in [0.15, 0.2) is 9.84 Å². The minimum Gasteiger partial charge on any atom is -0.417 e. The van der Waals surface area contributed by atoms with Gasteiger partial charge in [-0.15, -0.1) is 0 Å². The van der Waals surface area contributed by atoms with Crippen LogP contribution in [0.4, 0.5) is 0 Å². The van der Waals surface area contributed by atoms with Crippen molar-refractivity contribution in [1.29, 1.82) is 0 Å². The van der Waals surface area contributed by atoms with E-state index < -0.39 is 9.84 Å². The van der Waals surface area contributed by atoms with Gasteiger partial charge in [0.1, 0.15) is 10.6 Å². The lowest BCUT2D eigenvalue weighted by Gasteiger charge is -2.02. The molecule has 0 N–H and O–H groups in total. The Morgan fingerprint density at radius 3 is 2.46 bits per heavy atom. The highest BCUT2D eigenvalue weighted by molar-refractivity contribution is 7.90. The van der Waals surface area contributed by atoms with Crippen LogP contribution in [0.3, 0.4) is 0 Å². The fourth-order valence-corrected chi connectivity index (χ4v) is 1.69. The lowest BCUT2D eigenvalue weighted by molar-refractivity contribution is 0.436.